The number of nitrogens with zero attached hydrogens (tertiary/aromatic N) is 2. The van der Waals surface area contributed by atoms with E-state index in [9.17, 15) is 0 Å². The second-order valence-electron chi connectivity index (χ2n) is 2.12. The van der Waals surface area contributed by atoms with Gasteiger partial charge in [-0.25, -0.2) is 0 Å². The molecule has 0 spiro atoms. The highest BCUT2D eigenvalue weighted by molar-refractivity contribution is 5.57. The molecule has 0 radical (unpaired) electrons. The Morgan fingerprint density at radius 1 is 1.78 bits per heavy atom. The molecule has 0 saturated heterocycles. The van der Waals surface area contributed by atoms with Crippen molar-refractivity contribution in [1.82, 2.24) is 9.78 Å². The fraction of sp³-hybridized carbons (Fsp3) is 0.286. The second-order valence-corrected chi connectivity index (χ2v) is 2.12. The summed E-state index contributed by atoms with van der Waals surface area (Å²) in [5.41, 5.74) is 2.14. The van der Waals surface area contributed by atoms with Crippen molar-refractivity contribution in [2.24, 2.45) is 7.05 Å². The zero-order chi connectivity index (χ0) is 6.85. The number of allylic oxidation sites excluding steroid dienone is 1. The molecule has 0 bridgehead atoms. The minimum atomic E-state index is 1.05. The highest BCUT2D eigenvalue weighted by Crippen LogP contribution is 2.07. The fourth-order valence-corrected chi connectivity index (χ4v) is 0.792. The summed E-state index contributed by atoms with van der Waals surface area (Å²) in [6.45, 7) is 5.77. The van der Waals surface area contributed by atoms with Gasteiger partial charge in [-0.2, -0.15) is 5.10 Å². The first kappa shape index (κ1) is 6.08. The molecule has 2 heteroatoms. The second kappa shape index (κ2) is 2.05. The van der Waals surface area contributed by atoms with Crippen LogP contribution in [0.25, 0.3) is 5.57 Å². The van der Waals surface area contributed by atoms with E-state index < -0.39 is 0 Å². The maximum Gasteiger partial charge on any atom is 0.0629 e. The van der Waals surface area contributed by atoms with Gasteiger partial charge in [0.2, 0.25) is 0 Å². The Balaban J connectivity index is 3.08. The first-order valence-electron chi connectivity index (χ1n) is 2.85. The predicted octanol–water partition coefficient (Wildman–Crippen LogP) is 1.45. The number of rotatable bonds is 1. The van der Waals surface area contributed by atoms with Crippen molar-refractivity contribution in [1.29, 1.82) is 0 Å². The van der Waals surface area contributed by atoms with Gasteiger partial charge in [0.1, 0.15) is 0 Å². The van der Waals surface area contributed by atoms with Gasteiger partial charge in [0.15, 0.2) is 0 Å². The Bertz CT molecular complexity index is 223. The molecule has 1 aromatic heterocycles. The minimum Gasteiger partial charge on any atom is -0.268 e. The predicted molar refractivity (Wildman–Crippen MR) is 37.9 cm³/mol. The zero-order valence-electron chi connectivity index (χ0n) is 5.76. The summed E-state index contributed by atoms with van der Waals surface area (Å²) in [5, 5.41) is 3.99. The fourth-order valence-electron chi connectivity index (χ4n) is 0.792. The summed E-state index contributed by atoms with van der Waals surface area (Å²) in [4.78, 5) is 0. The van der Waals surface area contributed by atoms with Crippen molar-refractivity contribution < 1.29 is 0 Å². The molecule has 0 saturated carbocycles. The van der Waals surface area contributed by atoms with Crippen molar-refractivity contribution in [3.63, 3.8) is 0 Å². The van der Waals surface area contributed by atoms with E-state index in [1.165, 1.54) is 0 Å². The summed E-state index contributed by atoms with van der Waals surface area (Å²) < 4.78 is 1.81. The van der Waals surface area contributed by atoms with E-state index in [1.54, 1.807) is 6.20 Å². The molecular formula is C7H10N2. The molecule has 0 N–H and O–H groups in total. The highest BCUT2D eigenvalue weighted by Gasteiger charge is 1.95. The quantitative estimate of drug-likeness (QED) is 0.551. The van der Waals surface area contributed by atoms with Gasteiger partial charge in [-0.1, -0.05) is 6.58 Å². The Kier molecular flexibility index (Phi) is 1.39. The monoisotopic (exact) mass is 122 g/mol. The molecular weight excluding hydrogens is 112 g/mol. The van der Waals surface area contributed by atoms with Crippen LogP contribution in [0.4, 0.5) is 0 Å². The topological polar surface area (TPSA) is 17.8 Å². The molecule has 1 heterocycles. The van der Waals surface area contributed by atoms with Crippen molar-refractivity contribution in [3.8, 4) is 0 Å². The molecule has 0 atom stereocenters. The third kappa shape index (κ3) is 1.02. The molecule has 0 amide bonds. The summed E-state index contributed by atoms with van der Waals surface area (Å²) in [7, 11) is 1.91. The average molecular weight is 122 g/mol. The van der Waals surface area contributed by atoms with Gasteiger partial charge in [0.25, 0.3) is 0 Å². The van der Waals surface area contributed by atoms with Crippen LogP contribution in [0, 0.1) is 0 Å². The molecule has 0 fully saturated rings. The van der Waals surface area contributed by atoms with Gasteiger partial charge in [0.05, 0.1) is 5.69 Å². The van der Waals surface area contributed by atoms with Crippen LogP contribution in [0.5, 0.6) is 0 Å². The largest absolute Gasteiger partial charge is 0.268 e. The van der Waals surface area contributed by atoms with Gasteiger partial charge in [-0.15, -0.1) is 0 Å². The summed E-state index contributed by atoms with van der Waals surface area (Å²) >= 11 is 0. The van der Waals surface area contributed by atoms with Crippen LogP contribution in [0.15, 0.2) is 18.8 Å². The van der Waals surface area contributed by atoms with Crippen LogP contribution in [0.2, 0.25) is 0 Å². The van der Waals surface area contributed by atoms with E-state index in [1.807, 2.05) is 24.7 Å². The lowest BCUT2D eigenvalue weighted by Crippen LogP contribution is -1.94. The lowest BCUT2D eigenvalue weighted by molar-refractivity contribution is 0.756. The summed E-state index contributed by atoms with van der Waals surface area (Å²) in [5.74, 6) is 0. The van der Waals surface area contributed by atoms with E-state index in [-0.39, 0.29) is 0 Å². The first-order valence-corrected chi connectivity index (χ1v) is 2.85. The van der Waals surface area contributed by atoms with E-state index in [0.29, 0.717) is 0 Å². The number of hydrogen-bond donors (Lipinski definition) is 0. The number of aromatic nitrogens is 2. The normalized spacial score (nSPS) is 9.56. The van der Waals surface area contributed by atoms with E-state index in [2.05, 4.69) is 11.7 Å². The van der Waals surface area contributed by atoms with Gasteiger partial charge in [-0.05, 0) is 18.6 Å². The van der Waals surface area contributed by atoms with Gasteiger partial charge in [0, 0.05) is 13.2 Å². The lowest BCUT2D eigenvalue weighted by atomic mass is 10.2. The van der Waals surface area contributed by atoms with Gasteiger partial charge < -0.3 is 0 Å². The number of aryl methyl sites for hydroxylation is 1. The first-order chi connectivity index (χ1) is 4.22. The molecule has 9 heavy (non-hydrogen) atoms. The zero-order valence-corrected chi connectivity index (χ0v) is 5.76. The third-order valence-electron chi connectivity index (χ3n) is 1.26. The van der Waals surface area contributed by atoms with Crippen LogP contribution >= 0.6 is 0 Å². The average Bonchev–Trinajstić information content (AvgIpc) is 2.13. The maximum absolute atomic E-state index is 3.99. The van der Waals surface area contributed by atoms with Crippen molar-refractivity contribution in [3.05, 3.63) is 24.5 Å². The molecule has 48 valence electrons. The smallest absolute Gasteiger partial charge is 0.0629 e. The van der Waals surface area contributed by atoms with E-state index in [0.717, 1.165) is 11.3 Å². The highest BCUT2D eigenvalue weighted by atomic mass is 15.2. The summed E-state index contributed by atoms with van der Waals surface area (Å²) in [6.07, 6.45) is 1.77. The molecule has 1 aromatic rings. The molecule has 0 aliphatic carbocycles. The van der Waals surface area contributed by atoms with Gasteiger partial charge >= 0.3 is 0 Å². The Labute approximate surface area is 54.8 Å². The Hall–Kier alpha value is -1.05. The SMILES string of the molecule is C=C(C)c1ccnn1C. The standard InChI is InChI=1S/C7H10N2/c1-6(2)7-4-5-8-9(7)3/h4-5H,1H2,2-3H3. The Morgan fingerprint density at radius 3 is 2.67 bits per heavy atom. The molecule has 0 aromatic carbocycles. The molecule has 2 nitrogen and oxygen atoms in total. The maximum atomic E-state index is 3.99. The third-order valence-corrected chi connectivity index (χ3v) is 1.26. The number of hydrogen-bond acceptors (Lipinski definition) is 1. The van der Waals surface area contributed by atoms with Crippen molar-refractivity contribution in [2.45, 2.75) is 6.92 Å². The lowest BCUT2D eigenvalue weighted by Gasteiger charge is -1.96. The van der Waals surface area contributed by atoms with Crippen molar-refractivity contribution in [2.75, 3.05) is 0 Å². The van der Waals surface area contributed by atoms with E-state index >= 15 is 0 Å². The minimum absolute atomic E-state index is 1.05. The van der Waals surface area contributed by atoms with Gasteiger partial charge in [-0.3, -0.25) is 4.68 Å². The van der Waals surface area contributed by atoms with E-state index in [4.69, 9.17) is 0 Å². The van der Waals surface area contributed by atoms with Crippen LogP contribution < -0.4 is 0 Å². The summed E-state index contributed by atoms with van der Waals surface area (Å²) in [6, 6.07) is 1.95. The molecule has 0 aliphatic heterocycles. The molecule has 0 unspecified atom stereocenters. The van der Waals surface area contributed by atoms with Crippen LogP contribution in [-0.2, 0) is 7.05 Å². The Morgan fingerprint density at radius 2 is 2.44 bits per heavy atom. The molecule has 0 aliphatic rings. The molecule has 1 rings (SSSR count). The van der Waals surface area contributed by atoms with Crippen LogP contribution in [0.1, 0.15) is 12.6 Å². The van der Waals surface area contributed by atoms with Crippen molar-refractivity contribution >= 4 is 5.57 Å². The van der Waals surface area contributed by atoms with Crippen LogP contribution in [0.3, 0.4) is 0 Å². The van der Waals surface area contributed by atoms with Crippen LogP contribution in [-0.4, -0.2) is 9.78 Å².